The summed E-state index contributed by atoms with van der Waals surface area (Å²) in [7, 11) is 0. The Morgan fingerprint density at radius 2 is 2.08 bits per heavy atom. The Kier molecular flexibility index (Phi) is 8.05. The molecule has 4 nitrogen and oxygen atoms in total. The number of hydrogen-bond donors (Lipinski definition) is 1. The van der Waals surface area contributed by atoms with Gasteiger partial charge in [-0.05, 0) is 19.4 Å². The van der Waals surface area contributed by atoms with Crippen molar-refractivity contribution in [3.05, 3.63) is 22.9 Å². The fourth-order valence-electron chi connectivity index (χ4n) is 2.05. The lowest BCUT2D eigenvalue weighted by Crippen LogP contribution is -2.26. The molecule has 0 aliphatic rings. The topological polar surface area (TPSA) is 65.8 Å². The van der Waals surface area contributed by atoms with Gasteiger partial charge in [-0.15, -0.1) is 0 Å². The maximum Gasteiger partial charge on any atom is 0.417 e. The van der Waals surface area contributed by atoms with Crippen molar-refractivity contribution in [2.45, 2.75) is 50.7 Å². The van der Waals surface area contributed by atoms with Crippen LogP contribution in [0, 0.1) is 18.3 Å². The van der Waals surface area contributed by atoms with Crippen molar-refractivity contribution in [2.24, 2.45) is 0 Å². The van der Waals surface area contributed by atoms with Gasteiger partial charge in [0.1, 0.15) is 11.1 Å². The molecule has 0 radical (unpaired) electrons. The Hall–Kier alpha value is -1.75. The number of carbonyl (C=O) groups excluding carboxylic acids is 1. The van der Waals surface area contributed by atoms with Crippen molar-refractivity contribution in [1.82, 2.24) is 10.3 Å². The maximum atomic E-state index is 13.0. The first-order chi connectivity index (χ1) is 11.3. The summed E-state index contributed by atoms with van der Waals surface area (Å²) in [5.74, 6) is -0.354. The van der Waals surface area contributed by atoms with Gasteiger partial charge in [-0.2, -0.15) is 18.4 Å². The molecule has 0 spiro atoms. The van der Waals surface area contributed by atoms with Gasteiger partial charge in [-0.25, -0.2) is 4.98 Å². The van der Waals surface area contributed by atoms with E-state index in [0.29, 0.717) is 6.54 Å². The highest BCUT2D eigenvalue weighted by atomic mass is 32.2. The Morgan fingerprint density at radius 3 is 2.67 bits per heavy atom. The number of hydrogen-bond acceptors (Lipinski definition) is 4. The first kappa shape index (κ1) is 20.3. The lowest BCUT2D eigenvalue weighted by Gasteiger charge is -2.12. The second-order valence-corrected chi connectivity index (χ2v) is 6.26. The van der Waals surface area contributed by atoms with Gasteiger partial charge >= 0.3 is 6.18 Å². The highest BCUT2D eigenvalue weighted by molar-refractivity contribution is 8.00. The summed E-state index contributed by atoms with van der Waals surface area (Å²) in [5.41, 5.74) is -1.39. The van der Waals surface area contributed by atoms with Gasteiger partial charge in [-0.3, -0.25) is 4.79 Å². The fourth-order valence-corrected chi connectivity index (χ4v) is 2.92. The van der Waals surface area contributed by atoms with E-state index in [1.807, 2.05) is 0 Å². The average molecular weight is 359 g/mol. The molecule has 8 heteroatoms. The van der Waals surface area contributed by atoms with Crippen LogP contribution in [-0.4, -0.2) is 23.2 Å². The van der Waals surface area contributed by atoms with Crippen LogP contribution in [0.1, 0.15) is 49.4 Å². The summed E-state index contributed by atoms with van der Waals surface area (Å²) in [6.45, 7) is 4.06. The number of pyridine rings is 1. The van der Waals surface area contributed by atoms with Crippen LogP contribution in [0.25, 0.3) is 0 Å². The third-order valence-corrected chi connectivity index (χ3v) is 4.20. The van der Waals surface area contributed by atoms with Crippen LogP contribution in [0.4, 0.5) is 13.2 Å². The molecule has 0 bridgehead atoms. The monoisotopic (exact) mass is 359 g/mol. The standard InChI is InChI=1S/C16H20F3N3OS/c1-3-4-5-6-7-21-14(23)10-24-15-12(9-20)13(16(17,18)19)8-11(2)22-15/h8H,3-7,10H2,1-2H3,(H,21,23). The summed E-state index contributed by atoms with van der Waals surface area (Å²) in [5, 5.41) is 11.7. The van der Waals surface area contributed by atoms with E-state index in [4.69, 9.17) is 5.26 Å². The molecule has 132 valence electrons. The van der Waals surface area contributed by atoms with Crippen molar-refractivity contribution >= 4 is 17.7 Å². The van der Waals surface area contributed by atoms with Crippen molar-refractivity contribution in [1.29, 1.82) is 5.26 Å². The highest BCUT2D eigenvalue weighted by Crippen LogP contribution is 2.35. The van der Waals surface area contributed by atoms with E-state index >= 15 is 0 Å². The number of nitrogens with zero attached hydrogens (tertiary/aromatic N) is 2. The van der Waals surface area contributed by atoms with E-state index in [2.05, 4.69) is 17.2 Å². The highest BCUT2D eigenvalue weighted by Gasteiger charge is 2.35. The lowest BCUT2D eigenvalue weighted by molar-refractivity contribution is -0.138. The van der Waals surface area contributed by atoms with E-state index in [9.17, 15) is 18.0 Å². The Morgan fingerprint density at radius 1 is 1.38 bits per heavy atom. The minimum atomic E-state index is -4.63. The molecule has 0 atom stereocenters. The van der Waals surface area contributed by atoms with Gasteiger partial charge in [0.25, 0.3) is 0 Å². The molecular weight excluding hydrogens is 339 g/mol. The summed E-state index contributed by atoms with van der Waals surface area (Å²) in [6.07, 6.45) is -0.536. The van der Waals surface area contributed by atoms with Gasteiger partial charge in [0.15, 0.2) is 0 Å². The number of carbonyl (C=O) groups is 1. The molecule has 0 fully saturated rings. The first-order valence-corrected chi connectivity index (χ1v) is 8.66. The quantitative estimate of drug-likeness (QED) is 0.561. The molecule has 0 saturated heterocycles. The SMILES string of the molecule is CCCCCCNC(=O)CSc1nc(C)cc(C(F)(F)F)c1C#N. The maximum absolute atomic E-state index is 13.0. The Bertz CT molecular complexity index is 612. The second kappa shape index (κ2) is 9.52. The smallest absolute Gasteiger partial charge is 0.355 e. The normalized spacial score (nSPS) is 11.2. The second-order valence-electron chi connectivity index (χ2n) is 5.30. The van der Waals surface area contributed by atoms with E-state index in [1.165, 1.54) is 6.92 Å². The number of aryl methyl sites for hydroxylation is 1. The molecule has 1 aromatic rings. The summed E-state index contributed by atoms with van der Waals surface area (Å²) >= 11 is 0.847. The van der Waals surface area contributed by atoms with Crippen LogP contribution in [0.3, 0.4) is 0 Å². The zero-order chi connectivity index (χ0) is 18.2. The van der Waals surface area contributed by atoms with Crippen molar-refractivity contribution < 1.29 is 18.0 Å². The van der Waals surface area contributed by atoms with Crippen LogP contribution in [0.5, 0.6) is 0 Å². The van der Waals surface area contributed by atoms with Gasteiger partial charge < -0.3 is 5.32 Å². The lowest BCUT2D eigenvalue weighted by atomic mass is 10.1. The van der Waals surface area contributed by atoms with Crippen LogP contribution in [0.2, 0.25) is 0 Å². The first-order valence-electron chi connectivity index (χ1n) is 7.68. The minimum Gasteiger partial charge on any atom is -0.355 e. The largest absolute Gasteiger partial charge is 0.417 e. The molecule has 1 rings (SSSR count). The third kappa shape index (κ3) is 6.40. The molecule has 1 amide bonds. The molecule has 1 N–H and O–H groups in total. The van der Waals surface area contributed by atoms with Gasteiger partial charge in [0.2, 0.25) is 5.91 Å². The van der Waals surface area contributed by atoms with Gasteiger partial charge in [-0.1, -0.05) is 37.9 Å². The molecule has 24 heavy (non-hydrogen) atoms. The average Bonchev–Trinajstić information content (AvgIpc) is 2.51. The predicted octanol–water partition coefficient (Wildman–Crippen LogP) is 4.07. The summed E-state index contributed by atoms with van der Waals surface area (Å²) < 4.78 is 39.0. The zero-order valence-corrected chi connectivity index (χ0v) is 14.5. The number of amides is 1. The van der Waals surface area contributed by atoms with E-state index in [0.717, 1.165) is 43.5 Å². The zero-order valence-electron chi connectivity index (χ0n) is 13.7. The number of thioether (sulfide) groups is 1. The molecular formula is C16H20F3N3OS. The molecule has 0 unspecified atom stereocenters. The molecule has 1 heterocycles. The summed E-state index contributed by atoms with van der Waals surface area (Å²) in [6, 6.07) is 2.40. The number of alkyl halides is 3. The number of unbranched alkanes of at least 4 members (excludes halogenated alkanes) is 3. The van der Waals surface area contributed by atoms with E-state index < -0.39 is 17.3 Å². The molecule has 0 saturated carbocycles. The molecule has 0 aliphatic carbocycles. The van der Waals surface area contributed by atoms with Crippen molar-refractivity contribution in [3.8, 4) is 6.07 Å². The summed E-state index contributed by atoms with van der Waals surface area (Å²) in [4.78, 5) is 15.7. The van der Waals surface area contributed by atoms with Crippen LogP contribution in [-0.2, 0) is 11.0 Å². The number of rotatable bonds is 8. The minimum absolute atomic E-state index is 0.0639. The number of nitrogens with one attached hydrogen (secondary N) is 1. The molecule has 0 aliphatic heterocycles. The van der Waals surface area contributed by atoms with Crippen LogP contribution < -0.4 is 5.32 Å². The van der Waals surface area contributed by atoms with Crippen molar-refractivity contribution in [3.63, 3.8) is 0 Å². The number of aromatic nitrogens is 1. The number of nitriles is 1. The van der Waals surface area contributed by atoms with Gasteiger partial charge in [0, 0.05) is 12.2 Å². The van der Waals surface area contributed by atoms with E-state index in [-0.39, 0.29) is 22.4 Å². The molecule has 1 aromatic heterocycles. The third-order valence-electron chi connectivity index (χ3n) is 3.22. The Balaban J connectivity index is 2.70. The molecule has 0 aromatic carbocycles. The van der Waals surface area contributed by atoms with Gasteiger partial charge in [0.05, 0.1) is 16.9 Å². The van der Waals surface area contributed by atoms with Crippen LogP contribution in [0.15, 0.2) is 11.1 Å². The predicted molar refractivity (Wildman–Crippen MR) is 86.6 cm³/mol. The number of halogens is 3. The Labute approximate surface area is 143 Å². The van der Waals surface area contributed by atoms with Crippen molar-refractivity contribution in [2.75, 3.05) is 12.3 Å². The van der Waals surface area contributed by atoms with Crippen LogP contribution >= 0.6 is 11.8 Å². The van der Waals surface area contributed by atoms with E-state index in [1.54, 1.807) is 6.07 Å². The fraction of sp³-hybridized carbons (Fsp3) is 0.562.